The topological polar surface area (TPSA) is 61.8 Å². The van der Waals surface area contributed by atoms with Crippen molar-refractivity contribution in [3.8, 4) is 5.75 Å². The Morgan fingerprint density at radius 2 is 2.27 bits per heavy atom. The van der Waals surface area contributed by atoms with Gasteiger partial charge >= 0.3 is 6.03 Å². The van der Waals surface area contributed by atoms with E-state index >= 15 is 0 Å². The Kier molecular flexibility index (Phi) is 4.96. The molecule has 1 aromatic rings. The van der Waals surface area contributed by atoms with E-state index in [0.717, 1.165) is 29.7 Å². The van der Waals surface area contributed by atoms with E-state index in [-0.39, 0.29) is 18.7 Å². The van der Waals surface area contributed by atoms with Crippen LogP contribution in [0.3, 0.4) is 0 Å². The second-order valence-electron chi connectivity index (χ2n) is 6.33. The minimum absolute atomic E-state index is 0.0113. The third kappa shape index (κ3) is 3.19. The van der Waals surface area contributed by atoms with Crippen LogP contribution in [-0.4, -0.2) is 41.8 Å². The van der Waals surface area contributed by atoms with Crippen LogP contribution in [0.1, 0.15) is 43.9 Å². The van der Waals surface area contributed by atoms with Crippen molar-refractivity contribution >= 4 is 6.03 Å². The predicted octanol–water partition coefficient (Wildman–Crippen LogP) is 2.62. The highest BCUT2D eigenvalue weighted by molar-refractivity contribution is 5.76. The first-order chi connectivity index (χ1) is 10.4. The molecule has 1 aliphatic heterocycles. The van der Waals surface area contributed by atoms with E-state index in [1.807, 2.05) is 39.0 Å². The molecule has 1 aromatic carbocycles. The summed E-state index contributed by atoms with van der Waals surface area (Å²) in [5.74, 6) is 0.768. The maximum absolute atomic E-state index is 12.6. The Morgan fingerprint density at radius 3 is 2.91 bits per heavy atom. The van der Waals surface area contributed by atoms with Gasteiger partial charge in [0.05, 0.1) is 25.3 Å². The van der Waals surface area contributed by atoms with Gasteiger partial charge in [-0.1, -0.05) is 17.7 Å². The van der Waals surface area contributed by atoms with Crippen LogP contribution in [0, 0.1) is 6.92 Å². The van der Waals surface area contributed by atoms with Crippen molar-refractivity contribution in [1.29, 1.82) is 0 Å². The molecule has 122 valence electrons. The van der Waals surface area contributed by atoms with Gasteiger partial charge in [-0.25, -0.2) is 4.79 Å². The molecule has 1 saturated heterocycles. The molecule has 1 aliphatic rings. The Bertz CT molecular complexity index is 547. The Morgan fingerprint density at radius 1 is 1.55 bits per heavy atom. The number of aliphatic hydroxyl groups is 1. The van der Waals surface area contributed by atoms with Gasteiger partial charge in [-0.05, 0) is 39.7 Å². The summed E-state index contributed by atoms with van der Waals surface area (Å²) in [6.45, 7) is 6.56. The highest BCUT2D eigenvalue weighted by Crippen LogP contribution is 2.30. The van der Waals surface area contributed by atoms with Gasteiger partial charge in [0.15, 0.2) is 0 Å². The lowest BCUT2D eigenvalue weighted by atomic mass is 10.0. The average molecular weight is 306 g/mol. The zero-order valence-electron chi connectivity index (χ0n) is 13.8. The fourth-order valence-corrected chi connectivity index (χ4v) is 3.07. The normalized spacial score (nSPS) is 22.5. The molecule has 1 heterocycles. The van der Waals surface area contributed by atoms with E-state index in [2.05, 4.69) is 5.32 Å². The van der Waals surface area contributed by atoms with Gasteiger partial charge in [0.2, 0.25) is 0 Å². The summed E-state index contributed by atoms with van der Waals surface area (Å²) in [6, 6.07) is 5.64. The number of amides is 2. The highest BCUT2D eigenvalue weighted by atomic mass is 16.5. The monoisotopic (exact) mass is 306 g/mol. The van der Waals surface area contributed by atoms with Crippen LogP contribution in [0.25, 0.3) is 0 Å². The quantitative estimate of drug-likeness (QED) is 0.899. The molecular formula is C17H26N2O3. The first-order valence-electron chi connectivity index (χ1n) is 7.75. The maximum atomic E-state index is 12.6. The van der Waals surface area contributed by atoms with Gasteiger partial charge in [-0.15, -0.1) is 0 Å². The average Bonchev–Trinajstić information content (AvgIpc) is 2.89. The predicted molar refractivity (Wildman–Crippen MR) is 86.1 cm³/mol. The number of urea groups is 1. The number of ether oxygens (including phenoxy) is 1. The number of hydrogen-bond donors (Lipinski definition) is 2. The number of rotatable bonds is 4. The van der Waals surface area contributed by atoms with E-state index in [9.17, 15) is 9.90 Å². The second-order valence-corrected chi connectivity index (χ2v) is 6.33. The summed E-state index contributed by atoms with van der Waals surface area (Å²) in [6.07, 6.45) is 1.76. The summed E-state index contributed by atoms with van der Waals surface area (Å²) in [5.41, 5.74) is 1.62. The van der Waals surface area contributed by atoms with Crippen molar-refractivity contribution in [2.45, 2.75) is 45.2 Å². The molecular weight excluding hydrogens is 280 g/mol. The number of likely N-dealkylation sites (tertiary alicyclic amines) is 1. The van der Waals surface area contributed by atoms with Crippen molar-refractivity contribution in [2.75, 3.05) is 20.3 Å². The molecule has 0 bridgehead atoms. The maximum Gasteiger partial charge on any atom is 0.318 e. The largest absolute Gasteiger partial charge is 0.496 e. The lowest BCUT2D eigenvalue weighted by Gasteiger charge is -2.34. The molecule has 5 nitrogen and oxygen atoms in total. The fraction of sp³-hybridized carbons (Fsp3) is 0.588. The van der Waals surface area contributed by atoms with Gasteiger partial charge in [0.25, 0.3) is 0 Å². The summed E-state index contributed by atoms with van der Waals surface area (Å²) in [7, 11) is 1.63. The van der Waals surface area contributed by atoms with Crippen molar-refractivity contribution in [3.05, 3.63) is 29.3 Å². The van der Waals surface area contributed by atoms with Gasteiger partial charge in [0.1, 0.15) is 5.75 Å². The van der Waals surface area contributed by atoms with Gasteiger partial charge in [-0.2, -0.15) is 0 Å². The van der Waals surface area contributed by atoms with Gasteiger partial charge in [-0.3, -0.25) is 0 Å². The SMILES string of the molecule is COc1ccc(C)cc1[C@H](C)NC(=O)N1CCC[C@]1(C)CO. The molecule has 0 unspecified atom stereocenters. The lowest BCUT2D eigenvalue weighted by Crippen LogP contribution is -2.52. The molecule has 0 radical (unpaired) electrons. The summed E-state index contributed by atoms with van der Waals surface area (Å²) >= 11 is 0. The minimum atomic E-state index is -0.458. The third-order valence-corrected chi connectivity index (χ3v) is 4.53. The first-order valence-corrected chi connectivity index (χ1v) is 7.75. The standard InChI is InChI=1S/C17H26N2O3/c1-12-6-7-15(22-4)14(10-12)13(2)18-16(21)19-9-5-8-17(19,3)11-20/h6-7,10,13,20H,5,8-9,11H2,1-4H3,(H,18,21)/t13-,17+/m0/s1. The second kappa shape index (κ2) is 6.57. The van der Waals surface area contributed by atoms with Crippen molar-refractivity contribution in [1.82, 2.24) is 10.2 Å². The van der Waals surface area contributed by atoms with Crippen LogP contribution in [-0.2, 0) is 0 Å². The van der Waals surface area contributed by atoms with E-state index in [0.29, 0.717) is 6.54 Å². The molecule has 2 atom stereocenters. The molecule has 2 N–H and O–H groups in total. The van der Waals surface area contributed by atoms with Crippen LogP contribution >= 0.6 is 0 Å². The number of methoxy groups -OCH3 is 1. The number of aliphatic hydroxyl groups excluding tert-OH is 1. The van der Waals surface area contributed by atoms with Crippen LogP contribution < -0.4 is 10.1 Å². The third-order valence-electron chi connectivity index (χ3n) is 4.53. The van der Waals surface area contributed by atoms with Crippen molar-refractivity contribution in [3.63, 3.8) is 0 Å². The number of nitrogens with one attached hydrogen (secondary N) is 1. The van der Waals surface area contributed by atoms with Gasteiger partial charge < -0.3 is 20.1 Å². The Hall–Kier alpha value is -1.75. The smallest absolute Gasteiger partial charge is 0.318 e. The van der Waals surface area contributed by atoms with E-state index in [1.54, 1.807) is 12.0 Å². The van der Waals surface area contributed by atoms with E-state index < -0.39 is 5.54 Å². The lowest BCUT2D eigenvalue weighted by molar-refractivity contribution is 0.0961. The molecule has 1 fully saturated rings. The number of benzene rings is 1. The highest BCUT2D eigenvalue weighted by Gasteiger charge is 2.39. The molecule has 0 saturated carbocycles. The van der Waals surface area contributed by atoms with Gasteiger partial charge in [0, 0.05) is 12.1 Å². The summed E-state index contributed by atoms with van der Waals surface area (Å²) in [4.78, 5) is 14.3. The number of nitrogens with zero attached hydrogens (tertiary/aromatic N) is 1. The number of carbonyl (C=O) groups excluding carboxylic acids is 1. The summed E-state index contributed by atoms with van der Waals surface area (Å²) < 4.78 is 5.39. The number of carbonyl (C=O) groups is 1. The molecule has 0 aromatic heterocycles. The minimum Gasteiger partial charge on any atom is -0.496 e. The molecule has 5 heteroatoms. The zero-order valence-corrected chi connectivity index (χ0v) is 13.8. The van der Waals surface area contributed by atoms with Crippen LogP contribution in [0.15, 0.2) is 18.2 Å². The molecule has 22 heavy (non-hydrogen) atoms. The molecule has 0 spiro atoms. The van der Waals surface area contributed by atoms with E-state index in [1.165, 1.54) is 0 Å². The molecule has 0 aliphatic carbocycles. The van der Waals surface area contributed by atoms with Crippen LogP contribution in [0.5, 0.6) is 5.75 Å². The molecule has 2 rings (SSSR count). The zero-order chi connectivity index (χ0) is 16.3. The van der Waals surface area contributed by atoms with Crippen molar-refractivity contribution < 1.29 is 14.6 Å². The number of aryl methyl sites for hydroxylation is 1. The number of hydrogen-bond acceptors (Lipinski definition) is 3. The summed E-state index contributed by atoms with van der Waals surface area (Å²) in [5, 5.41) is 12.6. The van der Waals surface area contributed by atoms with Crippen molar-refractivity contribution in [2.24, 2.45) is 0 Å². The van der Waals surface area contributed by atoms with E-state index in [4.69, 9.17) is 4.74 Å². The Labute approximate surface area is 132 Å². The fourth-order valence-electron chi connectivity index (χ4n) is 3.07. The Balaban J connectivity index is 2.13. The van der Waals surface area contributed by atoms with Crippen LogP contribution in [0.2, 0.25) is 0 Å². The first kappa shape index (κ1) is 16.6. The van der Waals surface area contributed by atoms with Crippen LogP contribution in [0.4, 0.5) is 4.79 Å². The molecule has 2 amide bonds.